The second-order valence-electron chi connectivity index (χ2n) is 6.87. The molecule has 0 bridgehead atoms. The van der Waals surface area contributed by atoms with Gasteiger partial charge in [0.2, 0.25) is 0 Å². The summed E-state index contributed by atoms with van der Waals surface area (Å²) < 4.78 is 11.5. The first-order chi connectivity index (χ1) is 12.6. The summed E-state index contributed by atoms with van der Waals surface area (Å²) in [5.74, 6) is -0.118. The Morgan fingerprint density at radius 1 is 1.08 bits per heavy atom. The molecule has 0 aliphatic heterocycles. The molecule has 2 aromatic carbocycles. The molecular formula is C22H26O4. The van der Waals surface area contributed by atoms with E-state index in [4.69, 9.17) is 9.47 Å². The van der Waals surface area contributed by atoms with Crippen molar-refractivity contribution in [3.63, 3.8) is 0 Å². The predicted molar refractivity (Wildman–Crippen MR) is 100 cm³/mol. The number of carboxylic acids is 1. The molecule has 1 aliphatic rings. The summed E-state index contributed by atoms with van der Waals surface area (Å²) in [6, 6.07) is 17.1. The standard InChI is InChI=1S/C22H26O4/c1-25-19-13-11-17(12-14-19)15-16-22(21(23)24,18-7-3-2-4-8-18)26-20-9-5-6-10-20/h2-4,7-8,11-14,20H,5-6,9-10,15-16H2,1H3,(H,23,24). The molecule has 4 heteroatoms. The Labute approximate surface area is 154 Å². The van der Waals surface area contributed by atoms with Crippen molar-refractivity contribution >= 4 is 5.97 Å². The van der Waals surface area contributed by atoms with Gasteiger partial charge in [0.15, 0.2) is 5.60 Å². The van der Waals surface area contributed by atoms with Crippen molar-refractivity contribution in [1.82, 2.24) is 0 Å². The van der Waals surface area contributed by atoms with Crippen LogP contribution in [0.5, 0.6) is 5.75 Å². The smallest absolute Gasteiger partial charge is 0.340 e. The van der Waals surface area contributed by atoms with Gasteiger partial charge in [-0.15, -0.1) is 0 Å². The SMILES string of the molecule is COc1ccc(CCC(OC2CCCC2)(C(=O)O)c2ccccc2)cc1. The molecule has 2 aromatic rings. The molecule has 1 aliphatic carbocycles. The molecule has 1 saturated carbocycles. The van der Waals surface area contributed by atoms with Crippen LogP contribution in [0.2, 0.25) is 0 Å². The van der Waals surface area contributed by atoms with Crippen LogP contribution >= 0.6 is 0 Å². The molecule has 1 unspecified atom stereocenters. The molecule has 138 valence electrons. The Balaban J connectivity index is 1.86. The lowest BCUT2D eigenvalue weighted by molar-refractivity contribution is -0.177. The van der Waals surface area contributed by atoms with E-state index in [1.165, 1.54) is 0 Å². The van der Waals surface area contributed by atoms with Crippen LogP contribution in [-0.4, -0.2) is 24.3 Å². The van der Waals surface area contributed by atoms with Crippen LogP contribution in [0.4, 0.5) is 0 Å². The van der Waals surface area contributed by atoms with E-state index in [0.29, 0.717) is 18.4 Å². The van der Waals surface area contributed by atoms with Gasteiger partial charge in [0, 0.05) is 0 Å². The van der Waals surface area contributed by atoms with Crippen molar-refractivity contribution < 1.29 is 19.4 Å². The number of methoxy groups -OCH3 is 1. The molecule has 3 rings (SSSR count). The fraction of sp³-hybridized carbons (Fsp3) is 0.409. The van der Waals surface area contributed by atoms with Crippen LogP contribution in [0, 0.1) is 0 Å². The van der Waals surface area contributed by atoms with Crippen molar-refractivity contribution in [3.8, 4) is 5.75 Å². The summed E-state index contributed by atoms with van der Waals surface area (Å²) in [5, 5.41) is 10.2. The van der Waals surface area contributed by atoms with E-state index in [0.717, 1.165) is 37.0 Å². The molecule has 0 amide bonds. The third-order valence-corrected chi connectivity index (χ3v) is 5.18. The Bertz CT molecular complexity index is 705. The summed E-state index contributed by atoms with van der Waals surface area (Å²) in [5.41, 5.74) is 0.478. The van der Waals surface area contributed by atoms with E-state index in [-0.39, 0.29) is 6.10 Å². The third kappa shape index (κ3) is 4.07. The summed E-state index contributed by atoms with van der Waals surface area (Å²) >= 11 is 0. The maximum Gasteiger partial charge on any atom is 0.340 e. The van der Waals surface area contributed by atoms with E-state index in [1.54, 1.807) is 7.11 Å². The number of rotatable bonds is 8. The molecule has 1 N–H and O–H groups in total. The van der Waals surface area contributed by atoms with Crippen LogP contribution in [0.15, 0.2) is 54.6 Å². The Hall–Kier alpha value is -2.33. The summed E-state index contributed by atoms with van der Waals surface area (Å²) in [6.45, 7) is 0. The largest absolute Gasteiger partial charge is 0.497 e. The highest BCUT2D eigenvalue weighted by atomic mass is 16.5. The van der Waals surface area contributed by atoms with Gasteiger partial charge in [-0.25, -0.2) is 4.79 Å². The van der Waals surface area contributed by atoms with Gasteiger partial charge in [-0.05, 0) is 48.9 Å². The minimum atomic E-state index is -1.31. The number of hydrogen-bond donors (Lipinski definition) is 1. The highest BCUT2D eigenvalue weighted by Gasteiger charge is 2.43. The minimum Gasteiger partial charge on any atom is -0.497 e. The first-order valence-corrected chi connectivity index (χ1v) is 9.24. The number of aliphatic carboxylic acids is 1. The Morgan fingerprint density at radius 2 is 1.73 bits per heavy atom. The average molecular weight is 354 g/mol. The molecule has 0 saturated heterocycles. The van der Waals surface area contributed by atoms with Crippen molar-refractivity contribution in [2.75, 3.05) is 7.11 Å². The molecule has 0 spiro atoms. The predicted octanol–water partition coefficient (Wildman–Crippen LogP) is 4.57. The molecule has 0 heterocycles. The maximum atomic E-state index is 12.4. The van der Waals surface area contributed by atoms with E-state index < -0.39 is 11.6 Å². The summed E-state index contributed by atoms with van der Waals surface area (Å²) in [6.07, 6.45) is 5.12. The highest BCUT2D eigenvalue weighted by Crippen LogP contribution is 2.37. The molecule has 1 fully saturated rings. The quantitative estimate of drug-likeness (QED) is 0.755. The number of carbonyl (C=O) groups is 1. The topological polar surface area (TPSA) is 55.8 Å². The maximum absolute atomic E-state index is 12.4. The van der Waals surface area contributed by atoms with Gasteiger partial charge < -0.3 is 14.6 Å². The normalized spacial score (nSPS) is 17.0. The van der Waals surface area contributed by atoms with Gasteiger partial charge in [0.1, 0.15) is 5.75 Å². The van der Waals surface area contributed by atoms with E-state index >= 15 is 0 Å². The lowest BCUT2D eigenvalue weighted by atomic mass is 9.87. The number of carboxylic acid groups (broad SMARTS) is 1. The molecule has 0 aromatic heterocycles. The van der Waals surface area contributed by atoms with Crippen molar-refractivity contribution in [2.24, 2.45) is 0 Å². The monoisotopic (exact) mass is 354 g/mol. The summed E-state index contributed by atoms with van der Waals surface area (Å²) in [7, 11) is 1.63. The van der Waals surface area contributed by atoms with Crippen molar-refractivity contribution in [1.29, 1.82) is 0 Å². The zero-order valence-corrected chi connectivity index (χ0v) is 15.2. The van der Waals surface area contributed by atoms with Gasteiger partial charge in [0.05, 0.1) is 13.2 Å². The van der Waals surface area contributed by atoms with E-state index in [2.05, 4.69) is 0 Å². The van der Waals surface area contributed by atoms with Gasteiger partial charge in [0.25, 0.3) is 0 Å². The van der Waals surface area contributed by atoms with Crippen LogP contribution < -0.4 is 4.74 Å². The Morgan fingerprint density at radius 3 is 2.31 bits per heavy atom. The van der Waals surface area contributed by atoms with Gasteiger partial charge in [-0.1, -0.05) is 55.3 Å². The molecule has 1 atom stereocenters. The lowest BCUT2D eigenvalue weighted by Gasteiger charge is -2.33. The first-order valence-electron chi connectivity index (χ1n) is 9.24. The van der Waals surface area contributed by atoms with Gasteiger partial charge in [-0.3, -0.25) is 0 Å². The van der Waals surface area contributed by atoms with Crippen LogP contribution in [0.3, 0.4) is 0 Å². The second kappa shape index (κ2) is 8.37. The highest BCUT2D eigenvalue weighted by molar-refractivity contribution is 5.79. The van der Waals surface area contributed by atoms with Gasteiger partial charge in [-0.2, -0.15) is 0 Å². The zero-order valence-electron chi connectivity index (χ0n) is 15.2. The third-order valence-electron chi connectivity index (χ3n) is 5.18. The number of aryl methyl sites for hydroxylation is 1. The van der Waals surface area contributed by atoms with Crippen molar-refractivity contribution in [2.45, 2.75) is 50.2 Å². The molecule has 0 radical (unpaired) electrons. The van der Waals surface area contributed by atoms with Crippen LogP contribution in [0.25, 0.3) is 0 Å². The fourth-order valence-corrected chi connectivity index (χ4v) is 3.66. The van der Waals surface area contributed by atoms with Crippen molar-refractivity contribution in [3.05, 3.63) is 65.7 Å². The van der Waals surface area contributed by atoms with Crippen LogP contribution in [-0.2, 0) is 21.6 Å². The molecule has 4 nitrogen and oxygen atoms in total. The zero-order chi connectivity index (χ0) is 18.4. The number of ether oxygens (including phenoxy) is 2. The second-order valence-corrected chi connectivity index (χ2v) is 6.87. The molecule has 26 heavy (non-hydrogen) atoms. The minimum absolute atomic E-state index is 0.0159. The number of benzene rings is 2. The van der Waals surface area contributed by atoms with Gasteiger partial charge >= 0.3 is 5.97 Å². The average Bonchev–Trinajstić information content (AvgIpc) is 3.19. The Kier molecular flexibility index (Phi) is 5.94. The van der Waals surface area contributed by atoms with E-state index in [1.807, 2.05) is 54.6 Å². The first kappa shape index (κ1) is 18.5. The molecular weight excluding hydrogens is 328 g/mol. The van der Waals surface area contributed by atoms with E-state index in [9.17, 15) is 9.90 Å². The van der Waals surface area contributed by atoms with Crippen LogP contribution in [0.1, 0.15) is 43.2 Å². The fourth-order valence-electron chi connectivity index (χ4n) is 3.66. The number of hydrogen-bond acceptors (Lipinski definition) is 3. The lowest BCUT2D eigenvalue weighted by Crippen LogP contribution is -2.42. The summed E-state index contributed by atoms with van der Waals surface area (Å²) in [4.78, 5) is 12.4.